The summed E-state index contributed by atoms with van der Waals surface area (Å²) in [5, 5.41) is 0. The van der Waals surface area contributed by atoms with Crippen LogP contribution >= 0.6 is 12.4 Å². The van der Waals surface area contributed by atoms with Gasteiger partial charge in [-0.1, -0.05) is 6.92 Å². The van der Waals surface area contributed by atoms with E-state index in [0.717, 1.165) is 30.9 Å². The fraction of sp³-hybridized carbons (Fsp3) is 0.571. The molecule has 1 aromatic rings. The minimum absolute atomic E-state index is 0. The highest BCUT2D eigenvalue weighted by molar-refractivity contribution is 7.90. The molecule has 0 amide bonds. The van der Waals surface area contributed by atoms with Gasteiger partial charge in [0.1, 0.15) is 10.7 Å². The Balaban J connectivity index is 0.00000288. The lowest BCUT2D eigenvalue weighted by Crippen LogP contribution is -2.51. The van der Waals surface area contributed by atoms with Gasteiger partial charge in [0.25, 0.3) is 0 Å². The number of hydrogen-bond acceptors (Lipinski definition) is 5. The molecule has 0 bridgehead atoms. The molecule has 0 spiro atoms. The Morgan fingerprint density at radius 3 is 2.42 bits per heavy atom. The Hall–Kier alpha value is -0.740. The molecule has 1 aliphatic heterocycles. The number of nitrogens with two attached hydrogens (primary N) is 1. The second-order valence-corrected chi connectivity index (χ2v) is 9.78. The lowest BCUT2D eigenvalue weighted by molar-refractivity contribution is 0.192. The van der Waals surface area contributed by atoms with Crippen molar-refractivity contribution in [3.8, 4) is 0 Å². The fourth-order valence-electron chi connectivity index (χ4n) is 2.94. The Morgan fingerprint density at radius 1 is 1.29 bits per heavy atom. The normalized spacial score (nSPS) is 22.8. The van der Waals surface area contributed by atoms with Gasteiger partial charge in [0, 0.05) is 25.4 Å². The number of nitrogens with zero attached hydrogens (tertiary/aromatic N) is 1. The molecular weight excluding hydrogens is 379 g/mol. The molecule has 0 radical (unpaired) electrons. The van der Waals surface area contributed by atoms with E-state index < -0.39 is 30.6 Å². The van der Waals surface area contributed by atoms with Crippen LogP contribution < -0.4 is 5.73 Å². The molecule has 6 nitrogen and oxygen atoms in total. The Labute approximate surface area is 148 Å². The number of hydrogen-bond donors (Lipinski definition) is 1. The summed E-state index contributed by atoms with van der Waals surface area (Å²) in [7, 11) is -7.67. The fourth-order valence-corrected chi connectivity index (χ4v) is 5.45. The van der Waals surface area contributed by atoms with Crippen LogP contribution in [0.1, 0.15) is 19.8 Å². The summed E-state index contributed by atoms with van der Waals surface area (Å²) < 4.78 is 63.7. The van der Waals surface area contributed by atoms with Gasteiger partial charge in [-0.05, 0) is 37.0 Å². The molecule has 2 rings (SSSR count). The lowest BCUT2D eigenvalue weighted by Gasteiger charge is -2.38. The first-order valence-electron chi connectivity index (χ1n) is 7.30. The summed E-state index contributed by atoms with van der Waals surface area (Å²) in [6.07, 6.45) is 2.46. The number of sulfonamides is 1. The Morgan fingerprint density at radius 2 is 1.92 bits per heavy atom. The highest BCUT2D eigenvalue weighted by Crippen LogP contribution is 2.29. The summed E-state index contributed by atoms with van der Waals surface area (Å²) in [5.74, 6) is -0.952. The van der Waals surface area contributed by atoms with Crippen molar-refractivity contribution in [2.75, 3.05) is 19.3 Å². The third-order valence-electron chi connectivity index (χ3n) is 4.22. The van der Waals surface area contributed by atoms with E-state index in [1.807, 2.05) is 6.92 Å². The molecule has 24 heavy (non-hydrogen) atoms. The van der Waals surface area contributed by atoms with Gasteiger partial charge >= 0.3 is 0 Å². The molecule has 0 aromatic heterocycles. The van der Waals surface area contributed by atoms with Gasteiger partial charge in [0.2, 0.25) is 10.0 Å². The monoisotopic (exact) mass is 400 g/mol. The predicted molar refractivity (Wildman–Crippen MR) is 91.9 cm³/mol. The van der Waals surface area contributed by atoms with Crippen LogP contribution in [0.2, 0.25) is 0 Å². The first kappa shape index (κ1) is 21.3. The molecule has 1 heterocycles. The summed E-state index contributed by atoms with van der Waals surface area (Å²) in [5.41, 5.74) is 5.71. The molecule has 0 saturated carbocycles. The molecule has 1 aliphatic rings. The highest BCUT2D eigenvalue weighted by Gasteiger charge is 2.36. The summed E-state index contributed by atoms with van der Waals surface area (Å²) in [4.78, 5) is -0.770. The molecule has 10 heteroatoms. The molecule has 1 saturated heterocycles. The SMILES string of the molecule is CC1CCCN(S(=O)(=O)c2ccc(S(C)(=O)=O)c(F)c2)C1CN.Cl. The zero-order valence-corrected chi connectivity index (χ0v) is 15.9. The largest absolute Gasteiger partial charge is 0.329 e. The van der Waals surface area contributed by atoms with Crippen LogP contribution in [-0.4, -0.2) is 46.5 Å². The number of sulfone groups is 1. The second kappa shape index (κ2) is 7.65. The van der Waals surface area contributed by atoms with Crippen LogP contribution in [0.3, 0.4) is 0 Å². The average molecular weight is 401 g/mol. The van der Waals surface area contributed by atoms with E-state index in [1.165, 1.54) is 4.31 Å². The maximum absolute atomic E-state index is 14.0. The van der Waals surface area contributed by atoms with Crippen molar-refractivity contribution < 1.29 is 21.2 Å². The van der Waals surface area contributed by atoms with Crippen LogP contribution in [0.5, 0.6) is 0 Å². The van der Waals surface area contributed by atoms with Crippen molar-refractivity contribution in [3.05, 3.63) is 24.0 Å². The quantitative estimate of drug-likeness (QED) is 0.823. The van der Waals surface area contributed by atoms with Crippen LogP contribution in [0.15, 0.2) is 28.0 Å². The van der Waals surface area contributed by atoms with Crippen molar-refractivity contribution in [1.82, 2.24) is 4.31 Å². The minimum Gasteiger partial charge on any atom is -0.329 e. The molecule has 2 N–H and O–H groups in total. The van der Waals surface area contributed by atoms with Gasteiger partial charge in [0.15, 0.2) is 9.84 Å². The number of halogens is 2. The Kier molecular flexibility index (Phi) is 6.79. The Bertz CT molecular complexity index is 799. The number of rotatable bonds is 4. The second-order valence-electron chi connectivity index (χ2n) is 5.90. The van der Waals surface area contributed by atoms with Crippen molar-refractivity contribution in [1.29, 1.82) is 0 Å². The maximum atomic E-state index is 14.0. The van der Waals surface area contributed by atoms with Gasteiger partial charge < -0.3 is 5.73 Å². The van der Waals surface area contributed by atoms with E-state index in [0.29, 0.717) is 13.0 Å². The zero-order valence-electron chi connectivity index (χ0n) is 13.5. The van der Waals surface area contributed by atoms with E-state index in [4.69, 9.17) is 5.73 Å². The van der Waals surface area contributed by atoms with E-state index in [9.17, 15) is 21.2 Å². The lowest BCUT2D eigenvalue weighted by atomic mass is 9.93. The highest BCUT2D eigenvalue weighted by atomic mass is 35.5. The van der Waals surface area contributed by atoms with E-state index >= 15 is 0 Å². The van der Waals surface area contributed by atoms with Gasteiger partial charge in [0.05, 0.1) is 4.90 Å². The van der Waals surface area contributed by atoms with E-state index in [-0.39, 0.29) is 35.8 Å². The van der Waals surface area contributed by atoms with Gasteiger partial charge in [-0.15, -0.1) is 12.4 Å². The average Bonchev–Trinajstić information content (AvgIpc) is 2.45. The summed E-state index contributed by atoms with van der Waals surface area (Å²) in [6, 6.07) is 2.54. The minimum atomic E-state index is -3.92. The first-order valence-corrected chi connectivity index (χ1v) is 10.6. The number of piperidine rings is 1. The third kappa shape index (κ3) is 4.08. The molecular formula is C14H22ClFN2O4S2. The van der Waals surface area contributed by atoms with Crippen molar-refractivity contribution in [3.63, 3.8) is 0 Å². The van der Waals surface area contributed by atoms with Crippen LogP contribution in [-0.2, 0) is 19.9 Å². The van der Waals surface area contributed by atoms with Crippen molar-refractivity contribution in [2.24, 2.45) is 11.7 Å². The zero-order chi connectivity index (χ0) is 17.4. The smallest absolute Gasteiger partial charge is 0.243 e. The summed E-state index contributed by atoms with van der Waals surface area (Å²) >= 11 is 0. The standard InChI is InChI=1S/C14H21FN2O4S2.ClH/c1-10-4-3-7-17(13(10)9-16)23(20,21)11-5-6-14(12(15)8-11)22(2,18)19;/h5-6,8,10,13H,3-4,7,9,16H2,1-2H3;1H. The maximum Gasteiger partial charge on any atom is 0.243 e. The van der Waals surface area contributed by atoms with Crippen LogP contribution in [0, 0.1) is 11.7 Å². The van der Waals surface area contributed by atoms with E-state index in [2.05, 4.69) is 0 Å². The van der Waals surface area contributed by atoms with Gasteiger partial charge in [-0.25, -0.2) is 21.2 Å². The topological polar surface area (TPSA) is 97.5 Å². The van der Waals surface area contributed by atoms with Crippen molar-refractivity contribution >= 4 is 32.3 Å². The molecule has 1 fully saturated rings. The molecule has 2 atom stereocenters. The molecule has 1 aromatic carbocycles. The summed E-state index contributed by atoms with van der Waals surface area (Å²) in [6.45, 7) is 2.45. The molecule has 138 valence electrons. The van der Waals surface area contributed by atoms with E-state index in [1.54, 1.807) is 0 Å². The van der Waals surface area contributed by atoms with Gasteiger partial charge in [-0.3, -0.25) is 0 Å². The number of benzene rings is 1. The predicted octanol–water partition coefficient (Wildman–Crippen LogP) is 1.40. The molecule has 2 unspecified atom stereocenters. The molecule has 0 aliphatic carbocycles. The third-order valence-corrected chi connectivity index (χ3v) is 7.27. The first-order chi connectivity index (χ1) is 10.6. The van der Waals surface area contributed by atoms with Crippen LogP contribution in [0.25, 0.3) is 0 Å². The van der Waals surface area contributed by atoms with Crippen LogP contribution in [0.4, 0.5) is 4.39 Å². The van der Waals surface area contributed by atoms with Gasteiger partial charge in [-0.2, -0.15) is 4.31 Å². The van der Waals surface area contributed by atoms with Crippen molar-refractivity contribution in [2.45, 2.75) is 35.6 Å².